The fourth-order valence-corrected chi connectivity index (χ4v) is 2.78. The first-order valence-corrected chi connectivity index (χ1v) is 8.47. The number of nitrogens with zero attached hydrogens (tertiary/aromatic N) is 2. The molecule has 1 heterocycles. The van der Waals surface area contributed by atoms with Gasteiger partial charge >= 0.3 is 5.97 Å². The van der Waals surface area contributed by atoms with Crippen LogP contribution in [0.5, 0.6) is 5.75 Å². The molecule has 0 aliphatic carbocycles. The Bertz CT molecular complexity index is 1020. The molecule has 1 aromatic heterocycles. The lowest BCUT2D eigenvalue weighted by molar-refractivity contribution is 0.0514. The van der Waals surface area contributed by atoms with Crippen molar-refractivity contribution in [1.82, 2.24) is 9.55 Å². The van der Waals surface area contributed by atoms with Crippen LogP contribution in [0.15, 0.2) is 47.3 Å². The Morgan fingerprint density at radius 3 is 2.50 bits per heavy atom. The Balaban J connectivity index is 2.22. The number of aromatic nitrogens is 2. The summed E-state index contributed by atoms with van der Waals surface area (Å²) < 4.78 is 11.8. The van der Waals surface area contributed by atoms with Crippen LogP contribution in [0.2, 0.25) is 0 Å². The molecule has 0 N–H and O–H groups in total. The van der Waals surface area contributed by atoms with Gasteiger partial charge in [-0.3, -0.25) is 9.36 Å². The van der Waals surface area contributed by atoms with Gasteiger partial charge in [-0.1, -0.05) is 36.4 Å². The number of fused-ring (bicyclic) bond motifs is 1. The van der Waals surface area contributed by atoms with Crippen molar-refractivity contribution in [2.24, 2.45) is 7.05 Å². The van der Waals surface area contributed by atoms with E-state index in [0.29, 0.717) is 5.82 Å². The SMILES string of the molecule is CCOC(=O)c1nc(-c2ccc3ccccc3c2)n(C)c(=O)c1OCC. The van der Waals surface area contributed by atoms with Gasteiger partial charge in [0.25, 0.3) is 5.56 Å². The zero-order valence-corrected chi connectivity index (χ0v) is 15.0. The molecule has 0 bridgehead atoms. The molecule has 26 heavy (non-hydrogen) atoms. The molecule has 0 atom stereocenters. The Hall–Kier alpha value is -3.15. The maximum atomic E-state index is 12.7. The summed E-state index contributed by atoms with van der Waals surface area (Å²) in [4.78, 5) is 29.4. The normalized spacial score (nSPS) is 10.7. The lowest BCUT2D eigenvalue weighted by Gasteiger charge is -2.14. The number of carbonyl (C=O) groups is 1. The fraction of sp³-hybridized carbons (Fsp3) is 0.250. The minimum atomic E-state index is -0.671. The number of rotatable bonds is 5. The summed E-state index contributed by atoms with van der Waals surface area (Å²) in [7, 11) is 1.61. The van der Waals surface area contributed by atoms with E-state index >= 15 is 0 Å². The van der Waals surface area contributed by atoms with Crippen LogP contribution in [0.25, 0.3) is 22.2 Å². The van der Waals surface area contributed by atoms with E-state index in [9.17, 15) is 9.59 Å². The molecule has 0 fully saturated rings. The van der Waals surface area contributed by atoms with Crippen molar-refractivity contribution in [1.29, 1.82) is 0 Å². The second-order valence-electron chi connectivity index (χ2n) is 5.69. The highest BCUT2D eigenvalue weighted by Gasteiger charge is 2.23. The molecule has 0 saturated carbocycles. The van der Waals surface area contributed by atoms with E-state index in [0.717, 1.165) is 16.3 Å². The molecule has 0 unspecified atom stereocenters. The summed E-state index contributed by atoms with van der Waals surface area (Å²) in [6.07, 6.45) is 0. The van der Waals surface area contributed by atoms with Crippen molar-refractivity contribution in [2.45, 2.75) is 13.8 Å². The summed E-state index contributed by atoms with van der Waals surface area (Å²) in [5.41, 5.74) is 0.213. The van der Waals surface area contributed by atoms with Gasteiger partial charge < -0.3 is 9.47 Å². The first kappa shape index (κ1) is 17.7. The zero-order chi connectivity index (χ0) is 18.7. The Morgan fingerprint density at radius 1 is 1.08 bits per heavy atom. The van der Waals surface area contributed by atoms with Gasteiger partial charge in [0.2, 0.25) is 5.75 Å². The standard InChI is InChI=1S/C20H20N2O4/c1-4-25-17-16(20(24)26-5-2)21-18(22(3)19(17)23)15-11-10-13-8-6-7-9-14(13)12-15/h6-12H,4-5H2,1-3H3. The number of benzene rings is 2. The fourth-order valence-electron chi connectivity index (χ4n) is 2.78. The second-order valence-corrected chi connectivity index (χ2v) is 5.69. The van der Waals surface area contributed by atoms with Crippen LogP contribution >= 0.6 is 0 Å². The summed E-state index contributed by atoms with van der Waals surface area (Å²) in [5, 5.41) is 2.10. The maximum Gasteiger partial charge on any atom is 0.361 e. The Labute approximate surface area is 151 Å². The molecular weight excluding hydrogens is 332 g/mol. The molecule has 134 valence electrons. The van der Waals surface area contributed by atoms with Crippen LogP contribution in [0.1, 0.15) is 24.3 Å². The van der Waals surface area contributed by atoms with Crippen LogP contribution in [-0.2, 0) is 11.8 Å². The number of ether oxygens (including phenoxy) is 2. The van der Waals surface area contributed by atoms with Crippen molar-refractivity contribution in [3.05, 3.63) is 58.5 Å². The number of esters is 1. The average molecular weight is 352 g/mol. The molecule has 0 amide bonds. The first-order chi connectivity index (χ1) is 12.6. The average Bonchev–Trinajstić information content (AvgIpc) is 2.65. The van der Waals surface area contributed by atoms with Gasteiger partial charge in [0.05, 0.1) is 13.2 Å². The number of hydrogen-bond donors (Lipinski definition) is 0. The van der Waals surface area contributed by atoms with Crippen LogP contribution in [0, 0.1) is 0 Å². The van der Waals surface area contributed by atoms with Gasteiger partial charge in [-0.05, 0) is 30.7 Å². The lowest BCUT2D eigenvalue weighted by atomic mass is 10.1. The molecule has 0 aliphatic rings. The van der Waals surface area contributed by atoms with E-state index in [1.54, 1.807) is 20.9 Å². The minimum absolute atomic E-state index is 0.0852. The number of carbonyl (C=O) groups excluding carboxylic acids is 1. The maximum absolute atomic E-state index is 12.7. The first-order valence-electron chi connectivity index (χ1n) is 8.47. The molecular formula is C20H20N2O4. The van der Waals surface area contributed by atoms with Gasteiger partial charge in [-0.2, -0.15) is 0 Å². The predicted molar refractivity (Wildman–Crippen MR) is 99.5 cm³/mol. The molecule has 6 nitrogen and oxygen atoms in total. The van der Waals surface area contributed by atoms with Crippen molar-refractivity contribution >= 4 is 16.7 Å². The zero-order valence-electron chi connectivity index (χ0n) is 15.0. The summed E-state index contributed by atoms with van der Waals surface area (Å²) >= 11 is 0. The largest absolute Gasteiger partial charge is 0.486 e. The van der Waals surface area contributed by atoms with Gasteiger partial charge in [0.15, 0.2) is 5.69 Å². The van der Waals surface area contributed by atoms with Crippen molar-refractivity contribution < 1.29 is 14.3 Å². The van der Waals surface area contributed by atoms with Crippen LogP contribution < -0.4 is 10.3 Å². The highest BCUT2D eigenvalue weighted by molar-refractivity contribution is 5.91. The summed E-state index contributed by atoms with van der Waals surface area (Å²) in [6, 6.07) is 13.7. The second kappa shape index (κ2) is 7.39. The molecule has 3 rings (SSSR count). The Morgan fingerprint density at radius 2 is 1.81 bits per heavy atom. The Kier molecular flexibility index (Phi) is 5.02. The minimum Gasteiger partial charge on any atom is -0.486 e. The highest BCUT2D eigenvalue weighted by Crippen LogP contribution is 2.24. The summed E-state index contributed by atoms with van der Waals surface area (Å²) in [5.74, 6) is -0.374. The topological polar surface area (TPSA) is 70.4 Å². The van der Waals surface area contributed by atoms with Crippen LogP contribution in [-0.4, -0.2) is 28.7 Å². The van der Waals surface area contributed by atoms with E-state index in [2.05, 4.69) is 4.98 Å². The molecule has 3 aromatic rings. The third-order valence-corrected chi connectivity index (χ3v) is 4.01. The van der Waals surface area contributed by atoms with E-state index in [4.69, 9.17) is 9.47 Å². The number of hydrogen-bond acceptors (Lipinski definition) is 5. The monoisotopic (exact) mass is 352 g/mol. The van der Waals surface area contributed by atoms with E-state index in [1.165, 1.54) is 4.57 Å². The van der Waals surface area contributed by atoms with E-state index in [-0.39, 0.29) is 24.7 Å². The molecule has 0 spiro atoms. The van der Waals surface area contributed by atoms with Crippen molar-refractivity contribution in [3.63, 3.8) is 0 Å². The van der Waals surface area contributed by atoms with Gasteiger partial charge in [0.1, 0.15) is 5.82 Å². The van der Waals surface area contributed by atoms with Crippen molar-refractivity contribution in [2.75, 3.05) is 13.2 Å². The van der Waals surface area contributed by atoms with Gasteiger partial charge in [-0.25, -0.2) is 9.78 Å². The smallest absolute Gasteiger partial charge is 0.361 e. The van der Waals surface area contributed by atoms with Crippen LogP contribution in [0.4, 0.5) is 0 Å². The summed E-state index contributed by atoms with van der Waals surface area (Å²) in [6.45, 7) is 3.88. The molecule has 0 aliphatic heterocycles. The predicted octanol–water partition coefficient (Wildman–Crippen LogP) is 3.18. The third kappa shape index (κ3) is 3.18. The quantitative estimate of drug-likeness (QED) is 0.660. The van der Waals surface area contributed by atoms with Gasteiger partial charge in [0, 0.05) is 12.6 Å². The molecule has 0 saturated heterocycles. The van der Waals surface area contributed by atoms with Crippen LogP contribution in [0.3, 0.4) is 0 Å². The van der Waals surface area contributed by atoms with E-state index in [1.807, 2.05) is 42.5 Å². The highest BCUT2D eigenvalue weighted by atomic mass is 16.5. The molecule has 2 aromatic carbocycles. The third-order valence-electron chi connectivity index (χ3n) is 4.01. The molecule has 0 radical (unpaired) electrons. The van der Waals surface area contributed by atoms with E-state index < -0.39 is 11.5 Å². The van der Waals surface area contributed by atoms with Gasteiger partial charge in [-0.15, -0.1) is 0 Å². The lowest BCUT2D eigenvalue weighted by Crippen LogP contribution is -2.26. The molecule has 6 heteroatoms. The van der Waals surface area contributed by atoms with Crippen molar-refractivity contribution in [3.8, 4) is 17.1 Å².